The number of rotatable bonds is 3. The zero-order valence-electron chi connectivity index (χ0n) is 5.82. The Hall–Kier alpha value is 0.920. The first-order valence-corrected chi connectivity index (χ1v) is 4.93. The Labute approximate surface area is 73.6 Å². The molecule has 0 fully saturated rings. The van der Waals surface area contributed by atoms with Crippen molar-refractivity contribution in [3.63, 3.8) is 0 Å². The molecule has 0 aliphatic heterocycles. The average molecular weight is 259 g/mol. The van der Waals surface area contributed by atoms with Crippen molar-refractivity contribution in [3.8, 4) is 0 Å². The molecule has 0 amide bonds. The van der Waals surface area contributed by atoms with Gasteiger partial charge in [-0.3, -0.25) is 0 Å². The summed E-state index contributed by atoms with van der Waals surface area (Å²) in [5.74, 6) is 0.571. The van der Waals surface area contributed by atoms with E-state index in [0.717, 1.165) is 5.33 Å². The van der Waals surface area contributed by atoms with E-state index in [-0.39, 0.29) is 4.32 Å². The van der Waals surface area contributed by atoms with E-state index in [2.05, 4.69) is 45.7 Å². The largest absolute Gasteiger partial charge is 0.329 e. The number of hydrogen-bond acceptors (Lipinski definition) is 1. The lowest BCUT2D eigenvalue weighted by Gasteiger charge is -2.27. The highest BCUT2D eigenvalue weighted by Gasteiger charge is 2.27. The minimum Gasteiger partial charge on any atom is -0.329 e. The number of nitrogens with two attached hydrogens (primary N) is 1. The van der Waals surface area contributed by atoms with Crippen molar-refractivity contribution in [2.45, 2.75) is 18.2 Å². The van der Waals surface area contributed by atoms with E-state index in [1.807, 2.05) is 0 Å². The number of halogens is 2. The maximum Gasteiger partial charge on any atom is 0.0499 e. The zero-order valence-corrected chi connectivity index (χ0v) is 9.00. The van der Waals surface area contributed by atoms with Crippen molar-refractivity contribution in [3.05, 3.63) is 0 Å². The molecule has 56 valence electrons. The minimum absolute atomic E-state index is 0.0903. The molecule has 0 aliphatic rings. The van der Waals surface area contributed by atoms with Crippen LogP contribution in [0.25, 0.3) is 0 Å². The van der Waals surface area contributed by atoms with Gasteiger partial charge >= 0.3 is 0 Å². The lowest BCUT2D eigenvalue weighted by Crippen LogP contribution is -2.38. The second-order valence-corrected chi connectivity index (χ2v) is 4.67. The summed E-state index contributed by atoms with van der Waals surface area (Å²) in [5, 5.41) is 0.911. The molecule has 1 nitrogen and oxygen atoms in total. The standard InChI is InChI=1S/C6H13Br2N/c1-5(2)6(8,3-7)4-9/h5H,3-4,9H2,1-2H3. The molecule has 1 unspecified atom stereocenters. The molecule has 0 saturated carbocycles. The lowest BCUT2D eigenvalue weighted by molar-refractivity contribution is 0.495. The van der Waals surface area contributed by atoms with Crippen molar-refractivity contribution >= 4 is 31.9 Å². The lowest BCUT2D eigenvalue weighted by atomic mass is 9.98. The highest BCUT2D eigenvalue weighted by molar-refractivity contribution is 9.12. The van der Waals surface area contributed by atoms with Gasteiger partial charge in [0, 0.05) is 16.2 Å². The Morgan fingerprint density at radius 3 is 2.00 bits per heavy atom. The summed E-state index contributed by atoms with van der Waals surface area (Å²) in [4.78, 5) is 0. The first kappa shape index (κ1) is 9.92. The van der Waals surface area contributed by atoms with Crippen LogP contribution in [0.2, 0.25) is 0 Å². The summed E-state index contributed by atoms with van der Waals surface area (Å²) in [6, 6.07) is 0. The van der Waals surface area contributed by atoms with Crippen LogP contribution in [-0.2, 0) is 0 Å². The minimum atomic E-state index is 0.0903. The molecule has 0 radical (unpaired) electrons. The van der Waals surface area contributed by atoms with Gasteiger partial charge in [0.15, 0.2) is 0 Å². The van der Waals surface area contributed by atoms with Gasteiger partial charge in [-0.2, -0.15) is 0 Å². The third-order valence-electron chi connectivity index (χ3n) is 1.60. The summed E-state index contributed by atoms with van der Waals surface area (Å²) >= 11 is 6.98. The van der Waals surface area contributed by atoms with Gasteiger partial charge in [0.1, 0.15) is 0 Å². The van der Waals surface area contributed by atoms with Crippen LogP contribution in [0, 0.1) is 5.92 Å². The Bertz CT molecular complexity index is 79.1. The molecule has 0 spiro atoms. The van der Waals surface area contributed by atoms with E-state index in [4.69, 9.17) is 5.73 Å². The first-order valence-electron chi connectivity index (χ1n) is 3.01. The predicted octanol–water partition coefficient (Wildman–Crippen LogP) is 2.13. The van der Waals surface area contributed by atoms with Crippen molar-refractivity contribution in [2.24, 2.45) is 11.7 Å². The molecule has 0 aromatic carbocycles. The predicted molar refractivity (Wildman–Crippen MR) is 49.3 cm³/mol. The molecule has 0 aromatic heterocycles. The summed E-state index contributed by atoms with van der Waals surface area (Å²) in [7, 11) is 0. The zero-order chi connectivity index (χ0) is 7.49. The quantitative estimate of drug-likeness (QED) is 0.772. The van der Waals surface area contributed by atoms with Gasteiger partial charge in [0.05, 0.1) is 0 Å². The normalized spacial score (nSPS) is 18.0. The fourth-order valence-corrected chi connectivity index (χ4v) is 1.32. The summed E-state index contributed by atoms with van der Waals surface area (Å²) in [5.41, 5.74) is 5.54. The molecule has 0 bridgehead atoms. The van der Waals surface area contributed by atoms with Gasteiger partial charge in [0.2, 0.25) is 0 Å². The SMILES string of the molecule is CC(C)C(Br)(CN)CBr. The fraction of sp³-hybridized carbons (Fsp3) is 1.00. The van der Waals surface area contributed by atoms with Gasteiger partial charge < -0.3 is 5.73 Å². The first-order chi connectivity index (χ1) is 4.06. The Morgan fingerprint density at radius 1 is 1.56 bits per heavy atom. The second kappa shape index (κ2) is 3.94. The molecule has 9 heavy (non-hydrogen) atoms. The number of hydrogen-bond donors (Lipinski definition) is 1. The van der Waals surface area contributed by atoms with Crippen molar-refractivity contribution in [1.29, 1.82) is 0 Å². The van der Waals surface area contributed by atoms with Crippen LogP contribution in [0.5, 0.6) is 0 Å². The van der Waals surface area contributed by atoms with E-state index < -0.39 is 0 Å². The van der Waals surface area contributed by atoms with E-state index in [1.165, 1.54) is 0 Å². The van der Waals surface area contributed by atoms with E-state index in [0.29, 0.717) is 12.5 Å². The Balaban J connectivity index is 3.92. The van der Waals surface area contributed by atoms with Crippen molar-refractivity contribution in [2.75, 3.05) is 11.9 Å². The van der Waals surface area contributed by atoms with Crippen molar-refractivity contribution < 1.29 is 0 Å². The molecule has 0 rings (SSSR count). The van der Waals surface area contributed by atoms with Gasteiger partial charge in [-0.15, -0.1) is 0 Å². The van der Waals surface area contributed by atoms with Gasteiger partial charge in [-0.1, -0.05) is 45.7 Å². The van der Waals surface area contributed by atoms with E-state index in [1.54, 1.807) is 0 Å². The van der Waals surface area contributed by atoms with Gasteiger partial charge in [-0.25, -0.2) is 0 Å². The van der Waals surface area contributed by atoms with Crippen LogP contribution in [0.15, 0.2) is 0 Å². The molecule has 2 N–H and O–H groups in total. The Kier molecular flexibility index (Phi) is 4.34. The molecular formula is C6H13Br2N. The molecule has 3 heteroatoms. The van der Waals surface area contributed by atoms with Crippen LogP contribution in [0.1, 0.15) is 13.8 Å². The fourth-order valence-electron chi connectivity index (χ4n) is 0.445. The topological polar surface area (TPSA) is 26.0 Å². The van der Waals surface area contributed by atoms with Crippen LogP contribution in [-0.4, -0.2) is 16.2 Å². The van der Waals surface area contributed by atoms with E-state index >= 15 is 0 Å². The second-order valence-electron chi connectivity index (χ2n) is 2.53. The van der Waals surface area contributed by atoms with Crippen LogP contribution in [0.3, 0.4) is 0 Å². The summed E-state index contributed by atoms with van der Waals surface area (Å²) < 4.78 is 0.0903. The smallest absolute Gasteiger partial charge is 0.0499 e. The van der Waals surface area contributed by atoms with Crippen molar-refractivity contribution in [1.82, 2.24) is 0 Å². The molecular weight excluding hydrogens is 246 g/mol. The number of alkyl halides is 2. The van der Waals surface area contributed by atoms with E-state index in [9.17, 15) is 0 Å². The third-order valence-corrected chi connectivity index (χ3v) is 4.87. The van der Waals surface area contributed by atoms with Crippen LogP contribution < -0.4 is 5.73 Å². The summed E-state index contributed by atoms with van der Waals surface area (Å²) in [6.45, 7) is 4.99. The molecule has 0 aromatic rings. The van der Waals surface area contributed by atoms with Gasteiger partial charge in [0.25, 0.3) is 0 Å². The maximum absolute atomic E-state index is 5.54. The highest BCUT2D eigenvalue weighted by atomic mass is 79.9. The van der Waals surface area contributed by atoms with Gasteiger partial charge in [-0.05, 0) is 5.92 Å². The molecule has 0 saturated heterocycles. The molecule has 1 atom stereocenters. The third kappa shape index (κ3) is 2.56. The molecule has 0 aliphatic carbocycles. The highest BCUT2D eigenvalue weighted by Crippen LogP contribution is 2.28. The van der Waals surface area contributed by atoms with Crippen LogP contribution >= 0.6 is 31.9 Å². The van der Waals surface area contributed by atoms with Crippen LogP contribution in [0.4, 0.5) is 0 Å². The Morgan fingerprint density at radius 2 is 2.00 bits per heavy atom. The molecule has 0 heterocycles. The maximum atomic E-state index is 5.54. The monoisotopic (exact) mass is 257 g/mol. The summed E-state index contributed by atoms with van der Waals surface area (Å²) in [6.07, 6.45) is 0. The average Bonchev–Trinajstić information content (AvgIpc) is 1.86.